The van der Waals surface area contributed by atoms with Crippen molar-refractivity contribution in [2.75, 3.05) is 32.8 Å². The molecule has 0 saturated carbocycles. The van der Waals surface area contributed by atoms with Crippen LogP contribution >= 0.6 is 0 Å². The van der Waals surface area contributed by atoms with Gasteiger partial charge in [-0.15, -0.1) is 0 Å². The molecule has 0 bridgehead atoms. The van der Waals surface area contributed by atoms with Crippen LogP contribution in [0.4, 0.5) is 0 Å². The lowest BCUT2D eigenvalue weighted by Gasteiger charge is -2.41. The van der Waals surface area contributed by atoms with Gasteiger partial charge >= 0.3 is 0 Å². The SMILES string of the molecule is CC(C)(CNCc1cnc[nH]1)N1CCOCC1. The number of nitrogens with zero attached hydrogens (tertiary/aromatic N) is 2. The fourth-order valence-corrected chi connectivity index (χ4v) is 2.16. The van der Waals surface area contributed by atoms with Crippen LogP contribution in [0.25, 0.3) is 0 Å². The molecule has 2 heterocycles. The van der Waals surface area contributed by atoms with Crippen LogP contribution in [0.3, 0.4) is 0 Å². The molecule has 1 fully saturated rings. The van der Waals surface area contributed by atoms with Gasteiger partial charge in [-0.2, -0.15) is 0 Å². The fraction of sp³-hybridized carbons (Fsp3) is 0.750. The summed E-state index contributed by atoms with van der Waals surface area (Å²) in [4.78, 5) is 9.58. The lowest BCUT2D eigenvalue weighted by molar-refractivity contribution is -0.00968. The normalized spacial score (nSPS) is 18.5. The molecule has 0 unspecified atom stereocenters. The second kappa shape index (κ2) is 5.62. The van der Waals surface area contributed by atoms with Crippen LogP contribution in [-0.4, -0.2) is 53.3 Å². The molecule has 0 spiro atoms. The largest absolute Gasteiger partial charge is 0.379 e. The standard InChI is InChI=1S/C12H22N4O/c1-12(2,16-3-5-17-6-4-16)9-13-7-11-8-14-10-15-11/h8,10,13H,3-7,9H2,1-2H3,(H,14,15). The average molecular weight is 238 g/mol. The Hall–Kier alpha value is -0.910. The van der Waals surface area contributed by atoms with Crippen LogP contribution in [0.1, 0.15) is 19.5 Å². The Morgan fingerprint density at radius 1 is 1.47 bits per heavy atom. The van der Waals surface area contributed by atoms with Gasteiger partial charge in [-0.1, -0.05) is 0 Å². The topological polar surface area (TPSA) is 53.2 Å². The van der Waals surface area contributed by atoms with Gasteiger partial charge < -0.3 is 15.0 Å². The van der Waals surface area contributed by atoms with Gasteiger partial charge in [-0.3, -0.25) is 4.90 Å². The smallest absolute Gasteiger partial charge is 0.0922 e. The zero-order valence-electron chi connectivity index (χ0n) is 10.7. The summed E-state index contributed by atoms with van der Waals surface area (Å²) in [5, 5.41) is 3.47. The van der Waals surface area contributed by atoms with Gasteiger partial charge in [0.2, 0.25) is 0 Å². The Morgan fingerprint density at radius 3 is 2.88 bits per heavy atom. The van der Waals surface area contributed by atoms with E-state index in [-0.39, 0.29) is 5.54 Å². The molecule has 1 aromatic heterocycles. The van der Waals surface area contributed by atoms with Gasteiger partial charge in [-0.05, 0) is 13.8 Å². The lowest BCUT2D eigenvalue weighted by Crippen LogP contribution is -2.54. The quantitative estimate of drug-likeness (QED) is 0.789. The van der Waals surface area contributed by atoms with Gasteiger partial charge in [0.25, 0.3) is 0 Å². The predicted molar refractivity (Wildman–Crippen MR) is 66.8 cm³/mol. The molecule has 1 aromatic rings. The van der Waals surface area contributed by atoms with E-state index in [1.165, 1.54) is 0 Å². The summed E-state index contributed by atoms with van der Waals surface area (Å²) in [5.74, 6) is 0. The molecule has 0 amide bonds. The van der Waals surface area contributed by atoms with Crippen molar-refractivity contribution >= 4 is 0 Å². The third-order valence-electron chi connectivity index (χ3n) is 3.30. The zero-order valence-corrected chi connectivity index (χ0v) is 10.7. The highest BCUT2D eigenvalue weighted by atomic mass is 16.5. The van der Waals surface area contributed by atoms with Crippen molar-refractivity contribution in [2.24, 2.45) is 0 Å². The van der Waals surface area contributed by atoms with E-state index in [0.29, 0.717) is 0 Å². The number of aromatic amines is 1. The second-order valence-electron chi connectivity index (χ2n) is 5.09. The summed E-state index contributed by atoms with van der Waals surface area (Å²) >= 11 is 0. The first kappa shape index (κ1) is 12.5. The molecular formula is C12H22N4O. The van der Waals surface area contributed by atoms with E-state index in [4.69, 9.17) is 4.74 Å². The van der Waals surface area contributed by atoms with E-state index < -0.39 is 0 Å². The number of H-pyrrole nitrogens is 1. The molecule has 1 saturated heterocycles. The summed E-state index contributed by atoms with van der Waals surface area (Å²) < 4.78 is 5.38. The van der Waals surface area contributed by atoms with Gasteiger partial charge in [0.05, 0.1) is 19.5 Å². The van der Waals surface area contributed by atoms with Crippen LogP contribution in [0.2, 0.25) is 0 Å². The average Bonchev–Trinajstić information content (AvgIpc) is 2.83. The molecule has 2 N–H and O–H groups in total. The van der Waals surface area contributed by atoms with Crippen LogP contribution in [0, 0.1) is 0 Å². The number of hydrogen-bond donors (Lipinski definition) is 2. The zero-order chi connectivity index (χ0) is 12.1. The van der Waals surface area contributed by atoms with Crippen molar-refractivity contribution in [1.29, 1.82) is 0 Å². The highest BCUT2D eigenvalue weighted by Gasteiger charge is 2.27. The highest BCUT2D eigenvalue weighted by molar-refractivity contribution is 4.94. The van der Waals surface area contributed by atoms with Gasteiger partial charge in [-0.25, -0.2) is 4.98 Å². The number of nitrogens with one attached hydrogen (secondary N) is 2. The van der Waals surface area contributed by atoms with Gasteiger partial charge in [0.15, 0.2) is 0 Å². The van der Waals surface area contributed by atoms with E-state index in [1.807, 2.05) is 6.20 Å². The van der Waals surface area contributed by atoms with Crippen LogP contribution in [0.15, 0.2) is 12.5 Å². The molecule has 0 radical (unpaired) electrons. The first-order chi connectivity index (χ1) is 8.18. The maximum Gasteiger partial charge on any atom is 0.0922 e. The maximum atomic E-state index is 5.38. The highest BCUT2D eigenvalue weighted by Crippen LogP contribution is 2.15. The molecule has 0 atom stereocenters. The van der Waals surface area contributed by atoms with Crippen LogP contribution in [-0.2, 0) is 11.3 Å². The van der Waals surface area contributed by atoms with Crippen molar-refractivity contribution < 1.29 is 4.74 Å². The molecule has 96 valence electrons. The third-order valence-corrected chi connectivity index (χ3v) is 3.30. The van der Waals surface area contributed by atoms with Crippen LogP contribution < -0.4 is 5.32 Å². The minimum absolute atomic E-state index is 0.170. The Labute approximate surface area is 103 Å². The number of imidazole rings is 1. The molecule has 0 aromatic carbocycles. The summed E-state index contributed by atoms with van der Waals surface area (Å²) in [6, 6.07) is 0. The van der Waals surface area contributed by atoms with Crippen molar-refractivity contribution in [3.63, 3.8) is 0 Å². The Bertz CT molecular complexity index is 317. The first-order valence-corrected chi connectivity index (χ1v) is 6.19. The van der Waals surface area contributed by atoms with Gasteiger partial charge in [0, 0.05) is 43.6 Å². The van der Waals surface area contributed by atoms with Crippen molar-refractivity contribution in [1.82, 2.24) is 20.2 Å². The Balaban J connectivity index is 1.76. The second-order valence-corrected chi connectivity index (χ2v) is 5.09. The fourth-order valence-electron chi connectivity index (χ4n) is 2.16. The molecule has 17 heavy (non-hydrogen) atoms. The van der Waals surface area contributed by atoms with E-state index in [1.54, 1.807) is 6.33 Å². The number of morpholine rings is 1. The van der Waals surface area contributed by atoms with Crippen molar-refractivity contribution in [2.45, 2.75) is 25.9 Å². The molecule has 5 heteroatoms. The third kappa shape index (κ3) is 3.52. The molecule has 1 aliphatic rings. The molecule has 2 rings (SSSR count). The summed E-state index contributed by atoms with van der Waals surface area (Å²) in [7, 11) is 0. The minimum Gasteiger partial charge on any atom is -0.379 e. The van der Waals surface area contributed by atoms with Gasteiger partial charge in [0.1, 0.15) is 0 Å². The van der Waals surface area contributed by atoms with E-state index in [0.717, 1.165) is 45.1 Å². The van der Waals surface area contributed by atoms with E-state index in [9.17, 15) is 0 Å². The van der Waals surface area contributed by atoms with Crippen molar-refractivity contribution in [3.05, 3.63) is 18.2 Å². The monoisotopic (exact) mass is 238 g/mol. The molecule has 1 aliphatic heterocycles. The van der Waals surface area contributed by atoms with E-state index >= 15 is 0 Å². The summed E-state index contributed by atoms with van der Waals surface area (Å²) in [6.45, 7) is 10.1. The summed E-state index contributed by atoms with van der Waals surface area (Å²) in [5.41, 5.74) is 1.30. The van der Waals surface area contributed by atoms with E-state index in [2.05, 4.69) is 34.0 Å². The molecule has 5 nitrogen and oxygen atoms in total. The number of aromatic nitrogens is 2. The van der Waals surface area contributed by atoms with Crippen LogP contribution in [0.5, 0.6) is 0 Å². The van der Waals surface area contributed by atoms with Crippen molar-refractivity contribution in [3.8, 4) is 0 Å². The Morgan fingerprint density at radius 2 is 2.24 bits per heavy atom. The maximum absolute atomic E-state index is 5.38. The summed E-state index contributed by atoms with van der Waals surface area (Å²) in [6.07, 6.45) is 3.57. The first-order valence-electron chi connectivity index (χ1n) is 6.19. The predicted octanol–water partition coefficient (Wildman–Crippen LogP) is 0.610. The molecular weight excluding hydrogens is 216 g/mol. The number of hydrogen-bond acceptors (Lipinski definition) is 4. The lowest BCUT2D eigenvalue weighted by atomic mass is 10.0. The Kier molecular flexibility index (Phi) is 4.15. The molecule has 0 aliphatic carbocycles. The number of ether oxygens (including phenoxy) is 1. The minimum atomic E-state index is 0.170. The number of rotatable bonds is 5.